The summed E-state index contributed by atoms with van der Waals surface area (Å²) in [7, 11) is 0. The maximum atomic E-state index is 13.3. The SMILES string of the molecule is Fc1ccc2c(c1)nc(CCl)n2Cc1ccc(Br)cc1. The molecular formula is C15H11BrClFN2. The van der Waals surface area contributed by atoms with E-state index >= 15 is 0 Å². The minimum Gasteiger partial charge on any atom is -0.322 e. The van der Waals surface area contributed by atoms with E-state index in [0.29, 0.717) is 17.9 Å². The van der Waals surface area contributed by atoms with E-state index in [0.717, 1.165) is 21.4 Å². The van der Waals surface area contributed by atoms with E-state index in [1.807, 2.05) is 28.8 Å². The largest absolute Gasteiger partial charge is 0.322 e. The summed E-state index contributed by atoms with van der Waals surface area (Å²) in [6.45, 7) is 0.664. The molecule has 0 amide bonds. The van der Waals surface area contributed by atoms with Crippen LogP contribution in [0.5, 0.6) is 0 Å². The lowest BCUT2D eigenvalue weighted by Gasteiger charge is -2.08. The zero-order chi connectivity index (χ0) is 14.1. The normalized spacial score (nSPS) is 11.2. The van der Waals surface area contributed by atoms with Crippen molar-refractivity contribution < 1.29 is 4.39 Å². The molecule has 3 aromatic rings. The number of rotatable bonds is 3. The highest BCUT2D eigenvalue weighted by molar-refractivity contribution is 9.10. The molecule has 102 valence electrons. The van der Waals surface area contributed by atoms with E-state index < -0.39 is 0 Å². The van der Waals surface area contributed by atoms with Gasteiger partial charge in [0.15, 0.2) is 0 Å². The fraction of sp³-hybridized carbons (Fsp3) is 0.133. The van der Waals surface area contributed by atoms with Crippen molar-refractivity contribution in [1.29, 1.82) is 0 Å². The van der Waals surface area contributed by atoms with Gasteiger partial charge in [0.2, 0.25) is 0 Å². The highest BCUT2D eigenvalue weighted by atomic mass is 79.9. The third-order valence-electron chi connectivity index (χ3n) is 3.16. The van der Waals surface area contributed by atoms with Gasteiger partial charge in [0.1, 0.15) is 11.6 Å². The number of imidazole rings is 1. The Hall–Kier alpha value is -1.39. The number of hydrogen-bond donors (Lipinski definition) is 0. The lowest BCUT2D eigenvalue weighted by molar-refractivity contribution is 0.629. The topological polar surface area (TPSA) is 17.8 Å². The molecule has 0 radical (unpaired) electrons. The standard InChI is InChI=1S/C15H11BrClFN2/c16-11-3-1-10(2-4-11)9-20-14-6-5-12(18)7-13(14)19-15(20)8-17/h1-7H,8-9H2. The van der Waals surface area contributed by atoms with Crippen molar-refractivity contribution in [3.8, 4) is 0 Å². The Morgan fingerprint density at radius 2 is 1.90 bits per heavy atom. The van der Waals surface area contributed by atoms with Gasteiger partial charge in [-0.3, -0.25) is 0 Å². The van der Waals surface area contributed by atoms with Crippen LogP contribution in [0.15, 0.2) is 46.9 Å². The molecule has 2 nitrogen and oxygen atoms in total. The number of halogens is 3. The average molecular weight is 354 g/mol. The second kappa shape index (κ2) is 5.54. The summed E-state index contributed by atoms with van der Waals surface area (Å²) >= 11 is 9.37. The van der Waals surface area contributed by atoms with Crippen LogP contribution in [0.3, 0.4) is 0 Å². The molecule has 0 bridgehead atoms. The summed E-state index contributed by atoms with van der Waals surface area (Å²) in [4.78, 5) is 4.39. The molecule has 0 saturated carbocycles. The first-order chi connectivity index (χ1) is 9.67. The van der Waals surface area contributed by atoms with Gasteiger partial charge >= 0.3 is 0 Å². The summed E-state index contributed by atoms with van der Waals surface area (Å²) in [5, 5.41) is 0. The molecule has 0 aliphatic rings. The van der Waals surface area contributed by atoms with Gasteiger partial charge in [0.05, 0.1) is 16.9 Å². The van der Waals surface area contributed by atoms with E-state index in [1.54, 1.807) is 6.07 Å². The number of benzene rings is 2. The maximum absolute atomic E-state index is 13.3. The van der Waals surface area contributed by atoms with Crippen molar-refractivity contribution in [1.82, 2.24) is 9.55 Å². The van der Waals surface area contributed by atoms with Crippen LogP contribution in [0.4, 0.5) is 4.39 Å². The van der Waals surface area contributed by atoms with Gasteiger partial charge in [-0.25, -0.2) is 9.37 Å². The number of alkyl halides is 1. The van der Waals surface area contributed by atoms with Gasteiger partial charge < -0.3 is 4.57 Å². The fourth-order valence-corrected chi connectivity index (χ4v) is 2.67. The zero-order valence-corrected chi connectivity index (χ0v) is 12.8. The molecule has 5 heteroatoms. The van der Waals surface area contributed by atoms with Crippen LogP contribution in [-0.2, 0) is 12.4 Å². The maximum Gasteiger partial charge on any atom is 0.125 e. The van der Waals surface area contributed by atoms with Gasteiger partial charge in [-0.05, 0) is 29.8 Å². The van der Waals surface area contributed by atoms with Crippen LogP contribution in [0.25, 0.3) is 11.0 Å². The molecule has 0 aliphatic heterocycles. The van der Waals surface area contributed by atoms with E-state index in [-0.39, 0.29) is 5.82 Å². The molecule has 20 heavy (non-hydrogen) atoms. The second-order valence-electron chi connectivity index (χ2n) is 4.51. The molecule has 3 rings (SSSR count). The van der Waals surface area contributed by atoms with E-state index in [2.05, 4.69) is 20.9 Å². The molecule has 1 heterocycles. The summed E-state index contributed by atoms with van der Waals surface area (Å²) in [5.74, 6) is 0.759. The quantitative estimate of drug-likeness (QED) is 0.623. The van der Waals surface area contributed by atoms with Crippen molar-refractivity contribution >= 4 is 38.6 Å². The third-order valence-corrected chi connectivity index (χ3v) is 3.93. The van der Waals surface area contributed by atoms with Gasteiger partial charge in [-0.15, -0.1) is 11.6 Å². The van der Waals surface area contributed by atoms with Gasteiger partial charge in [0, 0.05) is 17.1 Å². The van der Waals surface area contributed by atoms with Crippen molar-refractivity contribution in [3.05, 3.63) is 64.1 Å². The Morgan fingerprint density at radius 1 is 1.15 bits per heavy atom. The third kappa shape index (κ3) is 2.58. The summed E-state index contributed by atoms with van der Waals surface area (Å²) in [5.41, 5.74) is 2.67. The number of nitrogens with zero attached hydrogens (tertiary/aromatic N) is 2. The molecule has 1 aromatic heterocycles. The molecule has 0 saturated heterocycles. The minimum atomic E-state index is -0.285. The van der Waals surface area contributed by atoms with E-state index in [9.17, 15) is 4.39 Å². The van der Waals surface area contributed by atoms with Gasteiger partial charge in [0.25, 0.3) is 0 Å². The smallest absolute Gasteiger partial charge is 0.125 e. The van der Waals surface area contributed by atoms with Crippen LogP contribution in [0.1, 0.15) is 11.4 Å². The summed E-state index contributed by atoms with van der Waals surface area (Å²) < 4.78 is 16.3. The molecule has 0 spiro atoms. The molecular weight excluding hydrogens is 343 g/mol. The predicted molar refractivity (Wildman–Crippen MR) is 82.5 cm³/mol. The molecule has 0 N–H and O–H groups in total. The fourth-order valence-electron chi connectivity index (χ4n) is 2.20. The molecule has 0 atom stereocenters. The Bertz CT molecular complexity index is 752. The molecule has 0 aliphatic carbocycles. The van der Waals surface area contributed by atoms with Crippen molar-refractivity contribution in [3.63, 3.8) is 0 Å². The van der Waals surface area contributed by atoms with E-state index in [1.165, 1.54) is 12.1 Å². The Labute approximate surface area is 129 Å². The average Bonchev–Trinajstić information content (AvgIpc) is 2.78. The first kappa shape index (κ1) is 13.6. The van der Waals surface area contributed by atoms with E-state index in [4.69, 9.17) is 11.6 Å². The Kier molecular flexibility index (Phi) is 3.76. The first-order valence-corrected chi connectivity index (χ1v) is 7.45. The summed E-state index contributed by atoms with van der Waals surface area (Å²) in [6, 6.07) is 12.7. The molecule has 2 aromatic carbocycles. The molecule has 0 unspecified atom stereocenters. The van der Waals surface area contributed by atoms with Gasteiger partial charge in [-0.2, -0.15) is 0 Å². The van der Waals surface area contributed by atoms with Crippen LogP contribution in [0.2, 0.25) is 0 Å². The zero-order valence-electron chi connectivity index (χ0n) is 10.5. The van der Waals surface area contributed by atoms with Crippen LogP contribution in [-0.4, -0.2) is 9.55 Å². The summed E-state index contributed by atoms with van der Waals surface area (Å²) in [6.07, 6.45) is 0. The van der Waals surface area contributed by atoms with Gasteiger partial charge in [-0.1, -0.05) is 28.1 Å². The first-order valence-electron chi connectivity index (χ1n) is 6.12. The number of hydrogen-bond acceptors (Lipinski definition) is 1. The van der Waals surface area contributed by atoms with Crippen molar-refractivity contribution in [2.45, 2.75) is 12.4 Å². The second-order valence-corrected chi connectivity index (χ2v) is 5.69. The number of aromatic nitrogens is 2. The number of fused-ring (bicyclic) bond motifs is 1. The Balaban J connectivity index is 2.07. The highest BCUT2D eigenvalue weighted by Crippen LogP contribution is 2.21. The van der Waals surface area contributed by atoms with Crippen LogP contribution < -0.4 is 0 Å². The molecule has 0 fully saturated rings. The van der Waals surface area contributed by atoms with Crippen molar-refractivity contribution in [2.24, 2.45) is 0 Å². The van der Waals surface area contributed by atoms with Crippen LogP contribution in [0, 0.1) is 5.82 Å². The lowest BCUT2D eigenvalue weighted by Crippen LogP contribution is -2.03. The Morgan fingerprint density at radius 3 is 2.60 bits per heavy atom. The minimum absolute atomic E-state index is 0.285. The lowest BCUT2D eigenvalue weighted by atomic mass is 10.2. The predicted octanol–water partition coefficient (Wildman–Crippen LogP) is 4.73. The van der Waals surface area contributed by atoms with Crippen LogP contribution >= 0.6 is 27.5 Å². The highest BCUT2D eigenvalue weighted by Gasteiger charge is 2.11. The van der Waals surface area contributed by atoms with Crippen molar-refractivity contribution in [2.75, 3.05) is 0 Å². The monoisotopic (exact) mass is 352 g/mol.